The lowest BCUT2D eigenvalue weighted by Crippen LogP contribution is -2.47. The average molecular weight is 423 g/mol. The number of nitrogens with zero attached hydrogens (tertiary/aromatic N) is 3. The Morgan fingerprint density at radius 1 is 1.19 bits per heavy atom. The first-order valence-electron chi connectivity index (χ1n) is 9.87. The molecule has 3 N–H and O–H groups in total. The van der Waals surface area contributed by atoms with Crippen LogP contribution in [-0.4, -0.2) is 47.0 Å². The Bertz CT molecular complexity index is 1070. The van der Waals surface area contributed by atoms with Crippen molar-refractivity contribution in [1.82, 2.24) is 4.90 Å². The van der Waals surface area contributed by atoms with Gasteiger partial charge < -0.3 is 20.7 Å². The van der Waals surface area contributed by atoms with Crippen molar-refractivity contribution in [2.75, 3.05) is 18.4 Å². The normalized spacial score (nSPS) is 20.7. The SMILES string of the molecule is NC(=N[N+](=O)[O-])N1CCCC(OC(=O)C2c3ccccc3NC(=O)c3ccccc32)C1. The van der Waals surface area contributed by atoms with E-state index in [4.69, 9.17) is 10.5 Å². The maximum absolute atomic E-state index is 13.4. The number of fused-ring (bicyclic) bond motifs is 2. The van der Waals surface area contributed by atoms with Gasteiger partial charge in [0.05, 0.1) is 6.54 Å². The fourth-order valence-electron chi connectivity index (χ4n) is 4.05. The molecule has 2 heterocycles. The lowest BCUT2D eigenvalue weighted by molar-refractivity contribution is -0.485. The number of ether oxygens (including phenoxy) is 1. The number of nitrogens with two attached hydrogens (primary N) is 1. The van der Waals surface area contributed by atoms with Crippen LogP contribution in [0.4, 0.5) is 5.69 Å². The van der Waals surface area contributed by atoms with Gasteiger partial charge >= 0.3 is 5.97 Å². The molecule has 0 aromatic heterocycles. The van der Waals surface area contributed by atoms with Gasteiger partial charge in [0.1, 0.15) is 17.1 Å². The van der Waals surface area contributed by atoms with Crippen molar-refractivity contribution < 1.29 is 19.4 Å². The predicted octanol–water partition coefficient (Wildman–Crippen LogP) is 1.90. The fraction of sp³-hybridized carbons (Fsp3) is 0.286. The number of esters is 1. The highest BCUT2D eigenvalue weighted by molar-refractivity contribution is 6.09. The van der Waals surface area contributed by atoms with Crippen LogP contribution < -0.4 is 11.1 Å². The molecule has 1 fully saturated rings. The molecule has 0 spiro atoms. The van der Waals surface area contributed by atoms with Crippen LogP contribution in [0.5, 0.6) is 0 Å². The number of nitrogens with one attached hydrogen (secondary N) is 1. The van der Waals surface area contributed by atoms with Gasteiger partial charge in [-0.1, -0.05) is 36.4 Å². The molecule has 2 aliphatic rings. The number of amides is 1. The molecule has 2 unspecified atom stereocenters. The van der Waals surface area contributed by atoms with Crippen molar-refractivity contribution in [3.63, 3.8) is 0 Å². The Balaban J connectivity index is 1.62. The molecule has 0 bridgehead atoms. The molecule has 2 aromatic carbocycles. The number of para-hydroxylation sites is 1. The van der Waals surface area contributed by atoms with E-state index in [1.54, 1.807) is 48.5 Å². The molecule has 10 heteroatoms. The first-order chi connectivity index (χ1) is 14.9. The molecule has 2 aliphatic heterocycles. The molecule has 0 radical (unpaired) electrons. The van der Waals surface area contributed by atoms with Crippen LogP contribution in [0.3, 0.4) is 0 Å². The molecule has 160 valence electrons. The van der Waals surface area contributed by atoms with Crippen LogP contribution in [0.15, 0.2) is 53.6 Å². The van der Waals surface area contributed by atoms with Crippen molar-refractivity contribution in [1.29, 1.82) is 0 Å². The number of rotatable bonds is 3. The molecule has 2 aromatic rings. The Morgan fingerprint density at radius 3 is 2.68 bits per heavy atom. The summed E-state index contributed by atoms with van der Waals surface area (Å²) >= 11 is 0. The topological polar surface area (TPSA) is 140 Å². The third-order valence-corrected chi connectivity index (χ3v) is 5.44. The highest BCUT2D eigenvalue weighted by Crippen LogP contribution is 2.37. The van der Waals surface area contributed by atoms with E-state index in [-0.39, 0.29) is 18.4 Å². The largest absolute Gasteiger partial charge is 0.460 e. The van der Waals surface area contributed by atoms with Crippen LogP contribution in [0, 0.1) is 10.1 Å². The lowest BCUT2D eigenvalue weighted by Gasteiger charge is -2.32. The quantitative estimate of drug-likeness (QED) is 0.253. The number of nitro groups is 1. The second-order valence-corrected chi connectivity index (χ2v) is 7.40. The highest BCUT2D eigenvalue weighted by atomic mass is 16.7. The number of likely N-dealkylation sites (tertiary alicyclic amines) is 1. The summed E-state index contributed by atoms with van der Waals surface area (Å²) in [4.78, 5) is 38.2. The summed E-state index contributed by atoms with van der Waals surface area (Å²) in [6, 6.07) is 14.1. The minimum absolute atomic E-state index is 0.210. The number of carbonyl (C=O) groups is 2. The summed E-state index contributed by atoms with van der Waals surface area (Å²) in [6.07, 6.45) is 0.735. The third kappa shape index (κ3) is 4.18. The third-order valence-electron chi connectivity index (χ3n) is 5.44. The van der Waals surface area contributed by atoms with E-state index < -0.39 is 23.0 Å². The molecule has 31 heavy (non-hydrogen) atoms. The Labute approximate surface area is 177 Å². The number of carbonyl (C=O) groups excluding carboxylic acids is 2. The van der Waals surface area contributed by atoms with Gasteiger partial charge in [0.2, 0.25) is 0 Å². The molecule has 0 aliphatic carbocycles. The molecular formula is C21H21N5O5. The Kier molecular flexibility index (Phi) is 5.52. The van der Waals surface area contributed by atoms with Gasteiger partial charge in [-0.25, -0.2) is 10.1 Å². The minimum Gasteiger partial charge on any atom is -0.460 e. The molecule has 1 amide bonds. The molecule has 2 atom stereocenters. The summed E-state index contributed by atoms with van der Waals surface area (Å²) in [7, 11) is 0. The van der Waals surface area contributed by atoms with Crippen molar-refractivity contribution in [3.8, 4) is 0 Å². The van der Waals surface area contributed by atoms with Crippen molar-refractivity contribution >= 4 is 23.5 Å². The van der Waals surface area contributed by atoms with E-state index >= 15 is 0 Å². The van der Waals surface area contributed by atoms with Crippen LogP contribution in [0.25, 0.3) is 0 Å². The predicted molar refractivity (Wildman–Crippen MR) is 112 cm³/mol. The molecule has 10 nitrogen and oxygen atoms in total. The average Bonchev–Trinajstić information content (AvgIpc) is 2.87. The molecule has 4 rings (SSSR count). The van der Waals surface area contributed by atoms with Gasteiger partial charge in [-0.05, 0) is 36.1 Å². The van der Waals surface area contributed by atoms with Crippen molar-refractivity contribution in [2.45, 2.75) is 24.9 Å². The van der Waals surface area contributed by atoms with E-state index in [2.05, 4.69) is 10.4 Å². The second kappa shape index (κ2) is 8.42. The van der Waals surface area contributed by atoms with E-state index in [9.17, 15) is 19.7 Å². The van der Waals surface area contributed by atoms with Gasteiger partial charge in [-0.3, -0.25) is 9.59 Å². The van der Waals surface area contributed by atoms with E-state index in [1.807, 2.05) is 0 Å². The highest BCUT2D eigenvalue weighted by Gasteiger charge is 2.35. The maximum atomic E-state index is 13.4. The van der Waals surface area contributed by atoms with Gasteiger partial charge in [0.25, 0.3) is 11.9 Å². The fourth-order valence-corrected chi connectivity index (χ4v) is 4.05. The number of benzene rings is 2. The van der Waals surface area contributed by atoms with Crippen LogP contribution in [0.1, 0.15) is 40.2 Å². The summed E-state index contributed by atoms with van der Waals surface area (Å²) in [5.74, 6) is -1.78. The summed E-state index contributed by atoms with van der Waals surface area (Å²) in [5, 5.41) is 15.7. The second-order valence-electron chi connectivity index (χ2n) is 7.40. The monoisotopic (exact) mass is 423 g/mol. The number of guanidine groups is 1. The molecular weight excluding hydrogens is 402 g/mol. The molecule has 0 saturated carbocycles. The Morgan fingerprint density at radius 2 is 1.90 bits per heavy atom. The van der Waals surface area contributed by atoms with Crippen LogP contribution >= 0.6 is 0 Å². The number of hydrogen-bond donors (Lipinski definition) is 2. The zero-order valence-corrected chi connectivity index (χ0v) is 16.6. The first kappa shape index (κ1) is 20.3. The smallest absolute Gasteiger partial charge is 0.318 e. The summed E-state index contributed by atoms with van der Waals surface area (Å²) in [5.41, 5.74) is 7.87. The van der Waals surface area contributed by atoms with Gasteiger partial charge in [0.15, 0.2) is 5.03 Å². The van der Waals surface area contributed by atoms with Gasteiger partial charge in [0, 0.05) is 17.8 Å². The zero-order valence-electron chi connectivity index (χ0n) is 16.6. The number of hydrogen-bond acceptors (Lipinski definition) is 5. The summed E-state index contributed by atoms with van der Waals surface area (Å²) < 4.78 is 5.82. The maximum Gasteiger partial charge on any atom is 0.318 e. The number of piperidine rings is 1. The van der Waals surface area contributed by atoms with E-state index in [0.717, 1.165) is 0 Å². The van der Waals surface area contributed by atoms with Crippen LogP contribution in [-0.2, 0) is 9.53 Å². The number of hydrazone groups is 1. The van der Waals surface area contributed by atoms with E-state index in [0.29, 0.717) is 41.8 Å². The Hall–Kier alpha value is -3.95. The minimum atomic E-state index is -0.853. The van der Waals surface area contributed by atoms with Gasteiger partial charge in [-0.2, -0.15) is 0 Å². The van der Waals surface area contributed by atoms with Crippen molar-refractivity contribution in [3.05, 3.63) is 75.3 Å². The number of anilines is 1. The molecule has 1 saturated heterocycles. The van der Waals surface area contributed by atoms with Crippen molar-refractivity contribution in [2.24, 2.45) is 10.8 Å². The summed E-state index contributed by atoms with van der Waals surface area (Å²) in [6.45, 7) is 0.701. The van der Waals surface area contributed by atoms with E-state index in [1.165, 1.54) is 4.90 Å². The zero-order chi connectivity index (χ0) is 22.0. The van der Waals surface area contributed by atoms with Crippen LogP contribution in [0.2, 0.25) is 0 Å². The standard InChI is InChI=1S/C21H21N5O5/c22-21(24-26(29)30)25-11-5-6-13(12-25)31-20(28)18-14-7-1-2-8-15(14)19(27)23-17-10-4-3-9-16(17)18/h1-4,7-10,13,18H,5-6,11-12H2,(H2,22,24)(H,23,27). The van der Waals surface area contributed by atoms with Gasteiger partial charge in [-0.15, -0.1) is 0 Å². The lowest BCUT2D eigenvalue weighted by atomic mass is 9.88. The first-order valence-corrected chi connectivity index (χ1v) is 9.87.